The quantitative estimate of drug-likeness (QED) is 0.919. The van der Waals surface area contributed by atoms with Crippen molar-refractivity contribution >= 4 is 0 Å². The molecular formula is C16H23F3N2. The molecule has 0 aromatic heterocycles. The monoisotopic (exact) mass is 300 g/mol. The Kier molecular flexibility index (Phi) is 4.94. The van der Waals surface area contributed by atoms with Crippen LogP contribution < -0.4 is 5.73 Å². The van der Waals surface area contributed by atoms with Crippen LogP contribution in [0.3, 0.4) is 0 Å². The Balaban J connectivity index is 2.29. The van der Waals surface area contributed by atoms with Crippen molar-refractivity contribution in [2.45, 2.75) is 44.9 Å². The van der Waals surface area contributed by atoms with Crippen molar-refractivity contribution in [3.05, 3.63) is 35.4 Å². The van der Waals surface area contributed by atoms with Gasteiger partial charge < -0.3 is 5.73 Å². The lowest BCUT2D eigenvalue weighted by atomic mass is 9.89. The summed E-state index contributed by atoms with van der Waals surface area (Å²) in [5.74, 6) is 0.583. The summed E-state index contributed by atoms with van der Waals surface area (Å²) in [4.78, 5) is 2.13. The minimum absolute atomic E-state index is 0.157. The Morgan fingerprint density at radius 1 is 1.33 bits per heavy atom. The Hall–Kier alpha value is -1.07. The predicted molar refractivity (Wildman–Crippen MR) is 77.8 cm³/mol. The van der Waals surface area contributed by atoms with Gasteiger partial charge in [-0.2, -0.15) is 13.2 Å². The fourth-order valence-corrected chi connectivity index (χ4v) is 3.31. The molecule has 1 aliphatic rings. The average molecular weight is 300 g/mol. The van der Waals surface area contributed by atoms with Crippen molar-refractivity contribution in [2.24, 2.45) is 11.7 Å². The predicted octanol–water partition coefficient (Wildman–Crippen LogP) is 3.83. The molecule has 0 spiro atoms. The molecule has 1 aromatic rings. The van der Waals surface area contributed by atoms with Gasteiger partial charge in [-0.15, -0.1) is 0 Å². The highest BCUT2D eigenvalue weighted by molar-refractivity contribution is 5.32. The van der Waals surface area contributed by atoms with Gasteiger partial charge in [0.2, 0.25) is 0 Å². The molecule has 3 atom stereocenters. The van der Waals surface area contributed by atoms with Gasteiger partial charge in [0.05, 0.1) is 5.56 Å². The van der Waals surface area contributed by atoms with E-state index in [1.807, 2.05) is 6.92 Å². The minimum Gasteiger partial charge on any atom is -0.329 e. The smallest absolute Gasteiger partial charge is 0.329 e. The zero-order valence-electron chi connectivity index (χ0n) is 12.5. The van der Waals surface area contributed by atoms with Crippen LogP contribution in [-0.4, -0.2) is 24.0 Å². The second-order valence-corrected chi connectivity index (χ2v) is 6.02. The number of alkyl halides is 3. The highest BCUT2D eigenvalue weighted by atomic mass is 19.4. The lowest BCUT2D eigenvalue weighted by Gasteiger charge is -2.42. The van der Waals surface area contributed by atoms with Gasteiger partial charge >= 0.3 is 6.18 Å². The van der Waals surface area contributed by atoms with Crippen LogP contribution in [-0.2, 0) is 6.18 Å². The Labute approximate surface area is 124 Å². The van der Waals surface area contributed by atoms with Gasteiger partial charge in [0.25, 0.3) is 0 Å². The van der Waals surface area contributed by atoms with Crippen molar-refractivity contribution in [3.63, 3.8) is 0 Å². The number of hydrogen-bond acceptors (Lipinski definition) is 2. The Morgan fingerprint density at radius 3 is 2.62 bits per heavy atom. The van der Waals surface area contributed by atoms with E-state index in [1.54, 1.807) is 12.1 Å². The number of hydrogen-bond donors (Lipinski definition) is 1. The maximum Gasteiger partial charge on any atom is 0.416 e. The van der Waals surface area contributed by atoms with Gasteiger partial charge in [0.15, 0.2) is 0 Å². The summed E-state index contributed by atoms with van der Waals surface area (Å²) in [6, 6.07) is 5.74. The first-order chi connectivity index (χ1) is 9.84. The van der Waals surface area contributed by atoms with Crippen molar-refractivity contribution < 1.29 is 13.2 Å². The zero-order valence-corrected chi connectivity index (χ0v) is 12.5. The lowest BCUT2D eigenvalue weighted by molar-refractivity contribution is -0.139. The summed E-state index contributed by atoms with van der Waals surface area (Å²) in [6.07, 6.45) is -2.35. The first kappa shape index (κ1) is 16.3. The van der Waals surface area contributed by atoms with Crippen LogP contribution in [0.1, 0.15) is 43.9 Å². The van der Waals surface area contributed by atoms with Crippen molar-refractivity contribution in [3.8, 4) is 0 Å². The molecule has 1 aromatic carbocycles. The van der Waals surface area contributed by atoms with Gasteiger partial charge in [-0.1, -0.05) is 25.1 Å². The fraction of sp³-hybridized carbons (Fsp3) is 0.625. The van der Waals surface area contributed by atoms with Crippen LogP contribution in [0, 0.1) is 5.92 Å². The first-order valence-corrected chi connectivity index (χ1v) is 7.46. The Morgan fingerprint density at radius 2 is 2.00 bits per heavy atom. The number of piperidine rings is 1. The summed E-state index contributed by atoms with van der Waals surface area (Å²) in [7, 11) is 0. The van der Waals surface area contributed by atoms with Gasteiger partial charge in [-0.05, 0) is 43.9 Å². The topological polar surface area (TPSA) is 29.3 Å². The van der Waals surface area contributed by atoms with Crippen LogP contribution in [0.25, 0.3) is 0 Å². The molecule has 5 heteroatoms. The molecule has 0 bridgehead atoms. The molecule has 118 valence electrons. The molecular weight excluding hydrogens is 277 g/mol. The minimum atomic E-state index is -4.31. The summed E-state index contributed by atoms with van der Waals surface area (Å²) < 4.78 is 39.5. The first-order valence-electron chi connectivity index (χ1n) is 7.46. The number of nitrogens with zero attached hydrogens (tertiary/aromatic N) is 1. The molecule has 1 heterocycles. The highest BCUT2D eigenvalue weighted by Gasteiger charge is 2.37. The van der Waals surface area contributed by atoms with Gasteiger partial charge in [-0.3, -0.25) is 4.90 Å². The normalized spacial score (nSPS) is 25.8. The van der Waals surface area contributed by atoms with Crippen molar-refractivity contribution in [1.29, 1.82) is 0 Å². The number of likely N-dealkylation sites (tertiary alicyclic amines) is 1. The van der Waals surface area contributed by atoms with E-state index < -0.39 is 11.7 Å². The molecule has 0 amide bonds. The largest absolute Gasteiger partial charge is 0.416 e. The summed E-state index contributed by atoms with van der Waals surface area (Å²) in [6.45, 7) is 5.32. The van der Waals surface area contributed by atoms with E-state index in [0.29, 0.717) is 18.0 Å². The average Bonchev–Trinajstić information content (AvgIpc) is 2.45. The molecule has 21 heavy (non-hydrogen) atoms. The third-order valence-corrected chi connectivity index (χ3v) is 4.51. The van der Waals surface area contributed by atoms with Crippen LogP contribution in [0.15, 0.2) is 24.3 Å². The van der Waals surface area contributed by atoms with Gasteiger partial charge in [-0.25, -0.2) is 0 Å². The van der Waals surface area contributed by atoms with E-state index in [4.69, 9.17) is 5.73 Å². The third-order valence-electron chi connectivity index (χ3n) is 4.51. The van der Waals surface area contributed by atoms with Crippen LogP contribution >= 0.6 is 0 Å². The lowest BCUT2D eigenvalue weighted by Crippen LogP contribution is -2.47. The highest BCUT2D eigenvalue weighted by Crippen LogP contribution is 2.38. The van der Waals surface area contributed by atoms with E-state index in [-0.39, 0.29) is 12.1 Å². The molecule has 1 aliphatic heterocycles. The molecule has 0 radical (unpaired) electrons. The molecule has 1 saturated heterocycles. The number of halogens is 3. The molecule has 1 fully saturated rings. The van der Waals surface area contributed by atoms with Crippen molar-refractivity contribution in [2.75, 3.05) is 13.1 Å². The van der Waals surface area contributed by atoms with Crippen molar-refractivity contribution in [1.82, 2.24) is 4.90 Å². The van der Waals surface area contributed by atoms with E-state index >= 15 is 0 Å². The molecule has 0 saturated carbocycles. The molecule has 2 rings (SSSR count). The molecule has 2 nitrogen and oxygen atoms in total. The summed E-state index contributed by atoms with van der Waals surface area (Å²) in [5.41, 5.74) is 5.64. The van der Waals surface area contributed by atoms with E-state index in [0.717, 1.165) is 25.5 Å². The summed E-state index contributed by atoms with van der Waals surface area (Å²) >= 11 is 0. The van der Waals surface area contributed by atoms with Gasteiger partial charge in [0.1, 0.15) is 0 Å². The second-order valence-electron chi connectivity index (χ2n) is 6.02. The molecule has 2 N–H and O–H groups in total. The molecule has 0 aliphatic carbocycles. The third kappa shape index (κ3) is 3.58. The van der Waals surface area contributed by atoms with Crippen LogP contribution in [0.2, 0.25) is 0 Å². The standard InChI is InChI=1S/C16H23F3N2/c1-11-7-8-21(13(9-11)10-20)12(2)14-5-3-4-6-15(14)16(17,18)19/h3-6,11-13H,7-10,20H2,1-2H3. The van der Waals surface area contributed by atoms with E-state index in [1.165, 1.54) is 6.07 Å². The molecule has 3 unspecified atom stereocenters. The van der Waals surface area contributed by atoms with Gasteiger partial charge in [0, 0.05) is 18.6 Å². The van der Waals surface area contributed by atoms with E-state index in [2.05, 4.69) is 11.8 Å². The fourth-order valence-electron chi connectivity index (χ4n) is 3.31. The SMILES string of the molecule is CC1CCN(C(C)c2ccccc2C(F)(F)F)C(CN)C1. The number of benzene rings is 1. The number of rotatable bonds is 3. The zero-order chi connectivity index (χ0) is 15.6. The number of nitrogens with two attached hydrogens (primary N) is 1. The van der Waals surface area contributed by atoms with E-state index in [9.17, 15) is 13.2 Å². The maximum atomic E-state index is 13.2. The maximum absolute atomic E-state index is 13.2. The summed E-state index contributed by atoms with van der Waals surface area (Å²) in [5, 5.41) is 0. The van der Waals surface area contributed by atoms with Crippen LogP contribution in [0.5, 0.6) is 0 Å². The van der Waals surface area contributed by atoms with Crippen LogP contribution in [0.4, 0.5) is 13.2 Å². The second kappa shape index (κ2) is 6.36. The Bertz CT molecular complexity index is 473.